The first-order valence-corrected chi connectivity index (χ1v) is 23.9. The molecule has 0 aliphatic carbocycles. The van der Waals surface area contributed by atoms with Crippen LogP contribution in [-0.2, 0) is 27.9 Å². The second-order valence-electron chi connectivity index (χ2n) is 15.8. The molecule has 328 valence electrons. The van der Waals surface area contributed by atoms with Crippen molar-refractivity contribution in [3.63, 3.8) is 0 Å². The van der Waals surface area contributed by atoms with E-state index < -0.39 is 19.9 Å². The first-order chi connectivity index (χ1) is 27.6. The van der Waals surface area contributed by atoms with E-state index in [-0.39, 0.29) is 26.2 Å². The molecule has 1 N–H and O–H groups in total. The highest BCUT2D eigenvalue weighted by Crippen LogP contribution is 2.43. The Morgan fingerprint density at radius 3 is 1.51 bits per heavy atom. The quantitative estimate of drug-likeness (QED) is 0.0164. The summed E-state index contributed by atoms with van der Waals surface area (Å²) in [6, 6.07) is 0. The molecule has 0 aliphatic rings. The molecule has 0 heterocycles. The maximum atomic E-state index is 12.7. The number of carbonyl (C=O) groups excluding carboxylic acids is 1. The van der Waals surface area contributed by atoms with E-state index in [1.807, 2.05) is 39.4 Å². The van der Waals surface area contributed by atoms with Crippen LogP contribution in [0.1, 0.15) is 162 Å². The fraction of sp³-hybridized carbons (Fsp3) is 0.688. The largest absolute Gasteiger partial charge is 0.498 e. The van der Waals surface area contributed by atoms with Gasteiger partial charge in [0.25, 0.3) is 0 Å². The molecule has 57 heavy (non-hydrogen) atoms. The molecule has 0 aromatic carbocycles. The Morgan fingerprint density at radius 2 is 1.04 bits per heavy atom. The third-order valence-electron chi connectivity index (χ3n) is 9.05. The van der Waals surface area contributed by atoms with Crippen molar-refractivity contribution in [2.75, 3.05) is 47.5 Å². The number of unbranched alkanes of at least 4 members (excludes halogenated alkanes) is 14. The number of esters is 1. The number of rotatable bonds is 40. The smallest absolute Gasteiger partial charge is 0.472 e. The minimum absolute atomic E-state index is 0.0137. The van der Waals surface area contributed by atoms with Crippen LogP contribution in [0.25, 0.3) is 0 Å². The molecule has 0 rings (SSSR count). The minimum atomic E-state index is -4.32. The van der Waals surface area contributed by atoms with Gasteiger partial charge in [0.15, 0.2) is 6.10 Å². The first kappa shape index (κ1) is 54.5. The Balaban J connectivity index is 4.43. The van der Waals surface area contributed by atoms with Crippen molar-refractivity contribution in [1.82, 2.24) is 0 Å². The molecule has 0 bridgehead atoms. The van der Waals surface area contributed by atoms with E-state index in [0.717, 1.165) is 51.4 Å². The monoisotopic (exact) mass is 819 g/mol. The van der Waals surface area contributed by atoms with Crippen LogP contribution in [-0.4, -0.2) is 69.0 Å². The van der Waals surface area contributed by atoms with Gasteiger partial charge in [0.05, 0.1) is 34.0 Å². The van der Waals surface area contributed by atoms with Gasteiger partial charge in [-0.1, -0.05) is 170 Å². The lowest BCUT2D eigenvalue weighted by atomic mass is 10.0. The molecule has 0 aromatic heterocycles. The van der Waals surface area contributed by atoms with Crippen LogP contribution in [0.4, 0.5) is 0 Å². The molecule has 2 atom stereocenters. The summed E-state index contributed by atoms with van der Waals surface area (Å²) in [7, 11) is 1.58. The summed E-state index contributed by atoms with van der Waals surface area (Å²) < 4.78 is 34.7. The lowest BCUT2D eigenvalue weighted by molar-refractivity contribution is -0.870. The molecule has 0 aliphatic heterocycles. The molecule has 0 amide bonds. The summed E-state index contributed by atoms with van der Waals surface area (Å²) >= 11 is 0. The molecule has 0 fully saturated rings. The number of phosphoric acid groups is 1. The zero-order valence-electron chi connectivity index (χ0n) is 37.0. The van der Waals surface area contributed by atoms with E-state index in [1.165, 1.54) is 83.5 Å². The molecule has 9 heteroatoms. The van der Waals surface area contributed by atoms with Crippen molar-refractivity contribution in [2.24, 2.45) is 0 Å². The van der Waals surface area contributed by atoms with E-state index in [1.54, 1.807) is 6.26 Å². The molecule has 0 radical (unpaired) electrons. The van der Waals surface area contributed by atoms with Gasteiger partial charge in [-0.05, 0) is 63.9 Å². The summed E-state index contributed by atoms with van der Waals surface area (Å²) in [6.07, 6.45) is 54.4. The van der Waals surface area contributed by atoms with Gasteiger partial charge >= 0.3 is 13.8 Å². The van der Waals surface area contributed by atoms with Gasteiger partial charge in [-0.3, -0.25) is 13.8 Å². The maximum Gasteiger partial charge on any atom is 0.472 e. The number of ether oxygens (including phenoxy) is 2. The van der Waals surface area contributed by atoms with Gasteiger partial charge in [-0.25, -0.2) is 4.57 Å². The number of likely N-dealkylation sites (N-methyl/N-ethyl adjacent to an activating group) is 1. The predicted octanol–water partition coefficient (Wildman–Crippen LogP) is 13.6. The van der Waals surface area contributed by atoms with Crippen LogP contribution < -0.4 is 0 Å². The van der Waals surface area contributed by atoms with E-state index in [2.05, 4.69) is 74.6 Å². The predicted molar refractivity (Wildman–Crippen MR) is 242 cm³/mol. The van der Waals surface area contributed by atoms with Crippen molar-refractivity contribution in [3.8, 4) is 0 Å². The van der Waals surface area contributed by atoms with Crippen molar-refractivity contribution in [2.45, 2.75) is 168 Å². The Hall–Kier alpha value is -2.48. The van der Waals surface area contributed by atoms with Gasteiger partial charge in [0, 0.05) is 6.42 Å². The fourth-order valence-corrected chi connectivity index (χ4v) is 6.34. The SMILES string of the molecule is CC/C=C\C/C=C\C/C=C\C/C=C\C/C=C\C/C=C\CCC(=O)O[C@H](CO/C=C\CCCCCCCCCCCCCCCC)COP(=O)(O)OCC[N+](C)(C)C. The number of hydrogen-bond donors (Lipinski definition) is 1. The van der Waals surface area contributed by atoms with E-state index in [4.69, 9.17) is 18.5 Å². The number of hydrogen-bond acceptors (Lipinski definition) is 6. The maximum absolute atomic E-state index is 12.7. The normalized spacial score (nSPS) is 14.5. The summed E-state index contributed by atoms with van der Waals surface area (Å²) in [5.41, 5.74) is 0. The average molecular weight is 819 g/mol. The Bertz CT molecular complexity index is 1180. The van der Waals surface area contributed by atoms with Gasteiger partial charge in [0.2, 0.25) is 0 Å². The van der Waals surface area contributed by atoms with Crippen molar-refractivity contribution >= 4 is 13.8 Å². The number of nitrogens with zero attached hydrogens (tertiary/aromatic N) is 1. The molecule has 0 saturated carbocycles. The third kappa shape index (κ3) is 44.5. The van der Waals surface area contributed by atoms with Crippen LogP contribution in [0.5, 0.6) is 0 Å². The Kier molecular flexibility index (Phi) is 38.6. The van der Waals surface area contributed by atoms with Crippen molar-refractivity contribution in [1.29, 1.82) is 0 Å². The van der Waals surface area contributed by atoms with Crippen LogP contribution >= 0.6 is 7.82 Å². The summed E-state index contributed by atoms with van der Waals surface area (Å²) in [5.74, 6) is -0.420. The zero-order chi connectivity index (χ0) is 42.0. The molecule has 1 unspecified atom stereocenters. The molecule has 0 spiro atoms. The number of carbonyl (C=O) groups is 1. The van der Waals surface area contributed by atoms with E-state index in [0.29, 0.717) is 17.4 Å². The summed E-state index contributed by atoms with van der Waals surface area (Å²) in [4.78, 5) is 22.8. The third-order valence-corrected chi connectivity index (χ3v) is 10.0. The number of phosphoric ester groups is 1. The highest BCUT2D eigenvalue weighted by Gasteiger charge is 2.26. The van der Waals surface area contributed by atoms with Gasteiger partial charge in [-0.15, -0.1) is 0 Å². The van der Waals surface area contributed by atoms with Crippen LogP contribution in [0.15, 0.2) is 85.3 Å². The molecule has 0 aromatic rings. The molecule has 8 nitrogen and oxygen atoms in total. The van der Waals surface area contributed by atoms with Gasteiger partial charge in [0.1, 0.15) is 19.8 Å². The van der Waals surface area contributed by atoms with Crippen molar-refractivity contribution < 1.29 is 37.3 Å². The highest BCUT2D eigenvalue weighted by molar-refractivity contribution is 7.47. The fourth-order valence-electron chi connectivity index (χ4n) is 5.60. The lowest BCUT2D eigenvalue weighted by Gasteiger charge is -2.24. The molecule has 0 saturated heterocycles. The zero-order valence-corrected chi connectivity index (χ0v) is 37.9. The lowest BCUT2D eigenvalue weighted by Crippen LogP contribution is -2.37. The molecular weight excluding hydrogens is 734 g/mol. The van der Waals surface area contributed by atoms with Gasteiger partial charge in [-0.2, -0.15) is 0 Å². The standard InChI is InChI=1S/C48H84NO7P/c1-6-8-10-12-14-16-18-20-22-24-25-26-27-29-31-33-35-37-39-41-48(50)56-47(46-55-57(51,52)54-44-42-49(3,4)5)45-53-43-40-38-36-34-32-30-28-23-21-19-17-15-13-11-9-7-2/h8,10,14,16,20,22,25-26,29,31,35,37,40,43,47H,6-7,9,11-13,15,17-19,21,23-24,27-28,30,32-34,36,38-39,41-42,44-46H2,1-5H3/p+1/b10-8-,16-14-,22-20-,26-25-,31-29-,37-35-,43-40-/t47-/m1/s1. The average Bonchev–Trinajstić information content (AvgIpc) is 3.16. The topological polar surface area (TPSA) is 91.3 Å². The Morgan fingerprint density at radius 1 is 0.579 bits per heavy atom. The second-order valence-corrected chi connectivity index (χ2v) is 17.2. The van der Waals surface area contributed by atoms with Gasteiger partial charge < -0.3 is 18.9 Å². The number of quaternary nitrogens is 1. The minimum Gasteiger partial charge on any atom is -0.498 e. The molecular formula is C48H85NO7P+. The van der Waals surface area contributed by atoms with E-state index >= 15 is 0 Å². The number of allylic oxidation sites excluding steroid dienone is 13. The van der Waals surface area contributed by atoms with Crippen LogP contribution in [0.2, 0.25) is 0 Å². The highest BCUT2D eigenvalue weighted by atomic mass is 31.2. The summed E-state index contributed by atoms with van der Waals surface area (Å²) in [5, 5.41) is 0. The van der Waals surface area contributed by atoms with E-state index in [9.17, 15) is 14.3 Å². The van der Waals surface area contributed by atoms with Crippen LogP contribution in [0.3, 0.4) is 0 Å². The second kappa shape index (κ2) is 40.3. The van der Waals surface area contributed by atoms with Crippen LogP contribution in [0, 0.1) is 0 Å². The van der Waals surface area contributed by atoms with Crippen molar-refractivity contribution in [3.05, 3.63) is 85.3 Å². The first-order valence-electron chi connectivity index (χ1n) is 22.4. The summed E-state index contributed by atoms with van der Waals surface area (Å²) in [6.45, 7) is 4.72. The Labute approximate surface area is 350 Å².